The third kappa shape index (κ3) is 5.52. The Morgan fingerprint density at radius 1 is 1.23 bits per heavy atom. The van der Waals surface area contributed by atoms with Crippen molar-refractivity contribution < 1.29 is 23.4 Å². The Bertz CT molecular complexity index is 839. The molecule has 26 heavy (non-hydrogen) atoms. The zero-order valence-electron chi connectivity index (χ0n) is 14.6. The molecule has 0 radical (unpaired) electrons. The first-order valence-electron chi connectivity index (χ1n) is 8.16. The van der Waals surface area contributed by atoms with Crippen molar-refractivity contribution in [3.8, 4) is 5.75 Å². The normalized spacial score (nSPS) is 12.8. The maximum atomic E-state index is 11.6. The summed E-state index contributed by atoms with van der Waals surface area (Å²) < 4.78 is 28.7. The molecular weight excluding hydrogens is 356 g/mol. The molecular formula is C18H24N2O5S. The van der Waals surface area contributed by atoms with E-state index >= 15 is 0 Å². The van der Waals surface area contributed by atoms with E-state index in [0.29, 0.717) is 35.6 Å². The van der Waals surface area contributed by atoms with Crippen LogP contribution < -0.4 is 15.2 Å². The van der Waals surface area contributed by atoms with Crippen molar-refractivity contribution in [3.05, 3.63) is 59.2 Å². The van der Waals surface area contributed by atoms with Crippen LogP contribution in [0.1, 0.15) is 22.8 Å². The van der Waals surface area contributed by atoms with Crippen LogP contribution in [0.4, 0.5) is 0 Å². The van der Waals surface area contributed by atoms with Crippen LogP contribution in [0.3, 0.4) is 0 Å². The lowest BCUT2D eigenvalue weighted by molar-refractivity contribution is 0.171. The zero-order chi connectivity index (χ0) is 19.2. The molecule has 0 aliphatic heterocycles. The molecule has 0 aliphatic rings. The fourth-order valence-electron chi connectivity index (χ4n) is 2.50. The number of rotatable bonds is 9. The number of aliphatic hydroxyl groups excluding tert-OH is 2. The number of aliphatic hydroxyl groups is 2. The van der Waals surface area contributed by atoms with Gasteiger partial charge in [-0.25, -0.2) is 13.6 Å². The fraction of sp³-hybridized carbons (Fsp3) is 0.333. The average Bonchev–Trinajstić information content (AvgIpc) is 2.61. The van der Waals surface area contributed by atoms with Crippen molar-refractivity contribution in [2.24, 2.45) is 5.14 Å². The summed E-state index contributed by atoms with van der Waals surface area (Å²) >= 11 is 0. The van der Waals surface area contributed by atoms with Crippen LogP contribution in [0.5, 0.6) is 5.75 Å². The highest BCUT2D eigenvalue weighted by Crippen LogP contribution is 2.20. The smallest absolute Gasteiger partial charge is 0.238 e. The predicted octanol–water partition coefficient (Wildman–Crippen LogP) is 0.837. The lowest BCUT2D eigenvalue weighted by Gasteiger charge is -2.15. The number of aryl methyl sites for hydroxylation is 1. The van der Waals surface area contributed by atoms with Gasteiger partial charge in [0.2, 0.25) is 10.0 Å². The monoisotopic (exact) mass is 380 g/mol. The molecule has 0 fully saturated rings. The number of primary sulfonamides is 1. The second-order valence-electron chi connectivity index (χ2n) is 5.90. The van der Waals surface area contributed by atoms with Gasteiger partial charge in [0.05, 0.1) is 17.6 Å². The number of hydrogen-bond donors (Lipinski definition) is 4. The standard InChI is InChI=1S/C18H24N2O5S/c1-13-6-7-14(10-18(13)26(19,23)24)16(22)11-20-8-9-25-17-5-3-2-4-15(17)12-21/h2-7,10,16,20-22H,8-9,11-12H2,1H3,(H2,19,23,24). The average molecular weight is 380 g/mol. The van der Waals surface area contributed by atoms with E-state index in [1.165, 1.54) is 6.07 Å². The molecule has 0 saturated heterocycles. The largest absolute Gasteiger partial charge is 0.492 e. The Labute approximate surface area is 153 Å². The maximum Gasteiger partial charge on any atom is 0.238 e. The van der Waals surface area contributed by atoms with E-state index in [1.807, 2.05) is 12.1 Å². The summed E-state index contributed by atoms with van der Waals surface area (Å²) in [6, 6.07) is 11.9. The topological polar surface area (TPSA) is 122 Å². The molecule has 2 aromatic rings. The number of hydrogen-bond acceptors (Lipinski definition) is 6. The van der Waals surface area contributed by atoms with E-state index in [-0.39, 0.29) is 18.0 Å². The highest BCUT2D eigenvalue weighted by Gasteiger charge is 2.15. The number of para-hydroxylation sites is 1. The molecule has 8 heteroatoms. The SMILES string of the molecule is Cc1ccc(C(O)CNCCOc2ccccc2CO)cc1S(N)(=O)=O. The minimum atomic E-state index is -3.83. The van der Waals surface area contributed by atoms with Crippen molar-refractivity contribution in [2.75, 3.05) is 19.7 Å². The van der Waals surface area contributed by atoms with Crippen LogP contribution in [0, 0.1) is 6.92 Å². The molecule has 0 bridgehead atoms. The first-order valence-corrected chi connectivity index (χ1v) is 9.71. The molecule has 0 aliphatic carbocycles. The number of nitrogens with two attached hydrogens (primary N) is 1. The van der Waals surface area contributed by atoms with Gasteiger partial charge < -0.3 is 20.3 Å². The van der Waals surface area contributed by atoms with Crippen molar-refractivity contribution in [2.45, 2.75) is 24.5 Å². The molecule has 0 saturated carbocycles. The summed E-state index contributed by atoms with van der Waals surface area (Å²) in [6.45, 7) is 2.63. The van der Waals surface area contributed by atoms with Gasteiger partial charge in [0.15, 0.2) is 0 Å². The molecule has 0 spiro atoms. The van der Waals surface area contributed by atoms with E-state index in [2.05, 4.69) is 5.32 Å². The van der Waals surface area contributed by atoms with E-state index in [0.717, 1.165) is 0 Å². The Morgan fingerprint density at radius 2 is 1.96 bits per heavy atom. The summed E-state index contributed by atoms with van der Waals surface area (Å²) in [5, 5.41) is 27.7. The van der Waals surface area contributed by atoms with Crippen molar-refractivity contribution >= 4 is 10.0 Å². The quantitative estimate of drug-likeness (QED) is 0.478. The summed E-state index contributed by atoms with van der Waals surface area (Å²) in [5.74, 6) is 0.619. The van der Waals surface area contributed by atoms with Gasteiger partial charge in [-0.1, -0.05) is 30.3 Å². The van der Waals surface area contributed by atoms with Crippen LogP contribution in [0.15, 0.2) is 47.4 Å². The summed E-state index contributed by atoms with van der Waals surface area (Å²) in [6.07, 6.45) is -0.874. The van der Waals surface area contributed by atoms with Crippen LogP contribution in [-0.4, -0.2) is 38.3 Å². The van der Waals surface area contributed by atoms with Crippen LogP contribution >= 0.6 is 0 Å². The molecule has 2 aromatic carbocycles. The molecule has 7 nitrogen and oxygen atoms in total. The van der Waals surface area contributed by atoms with Crippen molar-refractivity contribution in [1.82, 2.24) is 5.32 Å². The lowest BCUT2D eigenvalue weighted by atomic mass is 10.1. The van der Waals surface area contributed by atoms with E-state index in [9.17, 15) is 18.6 Å². The first kappa shape index (κ1) is 20.3. The third-order valence-corrected chi connectivity index (χ3v) is 4.97. The second-order valence-corrected chi connectivity index (χ2v) is 7.43. The summed E-state index contributed by atoms with van der Waals surface area (Å²) in [5.41, 5.74) is 1.72. The zero-order valence-corrected chi connectivity index (χ0v) is 15.4. The predicted molar refractivity (Wildman–Crippen MR) is 98.2 cm³/mol. The van der Waals surface area contributed by atoms with E-state index < -0.39 is 16.1 Å². The van der Waals surface area contributed by atoms with Gasteiger partial charge >= 0.3 is 0 Å². The molecule has 0 amide bonds. The summed E-state index contributed by atoms with van der Waals surface area (Å²) in [4.78, 5) is 0.0120. The van der Waals surface area contributed by atoms with E-state index in [4.69, 9.17) is 9.88 Å². The Morgan fingerprint density at radius 3 is 2.65 bits per heavy atom. The minimum absolute atomic E-state index is 0.0120. The molecule has 1 atom stereocenters. The minimum Gasteiger partial charge on any atom is -0.492 e. The molecule has 142 valence electrons. The Balaban J connectivity index is 1.85. The van der Waals surface area contributed by atoms with Crippen molar-refractivity contribution in [1.29, 1.82) is 0 Å². The number of ether oxygens (including phenoxy) is 1. The molecule has 2 rings (SSSR count). The van der Waals surface area contributed by atoms with Crippen LogP contribution in [0.2, 0.25) is 0 Å². The molecule has 0 heterocycles. The second kappa shape index (κ2) is 9.11. The highest BCUT2D eigenvalue weighted by atomic mass is 32.2. The maximum absolute atomic E-state index is 11.6. The van der Waals surface area contributed by atoms with Gasteiger partial charge in [-0.05, 0) is 30.2 Å². The molecule has 0 aromatic heterocycles. The lowest BCUT2D eigenvalue weighted by Crippen LogP contribution is -2.26. The van der Waals surface area contributed by atoms with Gasteiger partial charge in [0, 0.05) is 18.7 Å². The van der Waals surface area contributed by atoms with Gasteiger partial charge in [-0.2, -0.15) is 0 Å². The first-order chi connectivity index (χ1) is 12.3. The molecule has 1 unspecified atom stereocenters. The third-order valence-electron chi connectivity index (χ3n) is 3.92. The van der Waals surface area contributed by atoms with E-state index in [1.54, 1.807) is 31.2 Å². The number of sulfonamides is 1. The van der Waals surface area contributed by atoms with Gasteiger partial charge in [-0.3, -0.25) is 0 Å². The van der Waals surface area contributed by atoms with Crippen molar-refractivity contribution in [3.63, 3.8) is 0 Å². The molecule has 5 N–H and O–H groups in total. The van der Waals surface area contributed by atoms with Gasteiger partial charge in [0.1, 0.15) is 12.4 Å². The number of benzene rings is 2. The Kier molecular flexibility index (Phi) is 7.13. The van der Waals surface area contributed by atoms with Crippen LogP contribution in [0.25, 0.3) is 0 Å². The van der Waals surface area contributed by atoms with Crippen LogP contribution in [-0.2, 0) is 16.6 Å². The Hall–Kier alpha value is -1.97. The highest BCUT2D eigenvalue weighted by molar-refractivity contribution is 7.89. The van der Waals surface area contributed by atoms with Gasteiger partial charge in [0.25, 0.3) is 0 Å². The fourth-order valence-corrected chi connectivity index (χ4v) is 3.31. The number of nitrogens with one attached hydrogen (secondary N) is 1. The van der Waals surface area contributed by atoms with Gasteiger partial charge in [-0.15, -0.1) is 0 Å². The summed E-state index contributed by atoms with van der Waals surface area (Å²) in [7, 11) is -3.83.